The minimum Gasteiger partial charge on any atom is -0.381 e. The second kappa shape index (κ2) is 7.03. The highest BCUT2D eigenvalue weighted by molar-refractivity contribution is 5.19. The molecule has 0 bridgehead atoms. The normalized spacial score (nSPS) is 23.0. The molecule has 128 valence electrons. The fourth-order valence-corrected chi connectivity index (χ4v) is 4.00. The number of nitrogens with zero attached hydrogens (tertiary/aromatic N) is 4. The predicted molar refractivity (Wildman–Crippen MR) is 92.7 cm³/mol. The van der Waals surface area contributed by atoms with E-state index in [9.17, 15) is 0 Å². The van der Waals surface area contributed by atoms with Gasteiger partial charge in [-0.2, -0.15) is 5.10 Å². The summed E-state index contributed by atoms with van der Waals surface area (Å²) >= 11 is 0. The number of aromatic nitrogens is 3. The molecule has 2 aromatic rings. The molecule has 0 radical (unpaired) electrons. The molecule has 4 rings (SSSR count). The molecule has 2 saturated heterocycles. The van der Waals surface area contributed by atoms with Crippen LogP contribution in [0.5, 0.6) is 0 Å². The molecule has 0 aromatic carbocycles. The molecule has 0 aliphatic carbocycles. The topological polar surface area (TPSA) is 43.2 Å². The Morgan fingerprint density at radius 1 is 1.25 bits per heavy atom. The summed E-state index contributed by atoms with van der Waals surface area (Å²) in [6.07, 6.45) is 10.8. The van der Waals surface area contributed by atoms with E-state index in [1.54, 1.807) is 0 Å². The molecule has 2 fully saturated rings. The second-order valence-electron chi connectivity index (χ2n) is 6.98. The maximum absolute atomic E-state index is 5.47. The van der Waals surface area contributed by atoms with Crippen LogP contribution < -0.4 is 0 Å². The Morgan fingerprint density at radius 3 is 2.92 bits per heavy atom. The third kappa shape index (κ3) is 3.23. The van der Waals surface area contributed by atoms with Crippen molar-refractivity contribution in [2.75, 3.05) is 19.8 Å². The van der Waals surface area contributed by atoms with E-state index in [1.165, 1.54) is 29.7 Å². The third-order valence-corrected chi connectivity index (χ3v) is 5.39. The SMILES string of the molecule is Cc1nn(C2CCOCC2)cc1CN1CCCC1c1cccnc1. The summed E-state index contributed by atoms with van der Waals surface area (Å²) in [4.78, 5) is 6.88. The van der Waals surface area contributed by atoms with Gasteiger partial charge in [-0.25, -0.2) is 0 Å². The summed E-state index contributed by atoms with van der Waals surface area (Å²) in [5, 5.41) is 4.80. The molecule has 0 saturated carbocycles. The van der Waals surface area contributed by atoms with E-state index >= 15 is 0 Å². The van der Waals surface area contributed by atoms with Crippen LogP contribution in [-0.2, 0) is 11.3 Å². The van der Waals surface area contributed by atoms with Crippen molar-refractivity contribution < 1.29 is 4.74 Å². The van der Waals surface area contributed by atoms with Gasteiger partial charge in [0.2, 0.25) is 0 Å². The smallest absolute Gasteiger partial charge is 0.0638 e. The third-order valence-electron chi connectivity index (χ3n) is 5.39. The molecule has 2 aliphatic rings. The Balaban J connectivity index is 1.49. The van der Waals surface area contributed by atoms with E-state index in [1.807, 2.05) is 18.5 Å². The maximum atomic E-state index is 5.47. The molecule has 0 amide bonds. The van der Waals surface area contributed by atoms with Crippen LogP contribution in [0.15, 0.2) is 30.7 Å². The zero-order valence-electron chi connectivity index (χ0n) is 14.4. The second-order valence-corrected chi connectivity index (χ2v) is 6.98. The molecular formula is C19H26N4O. The van der Waals surface area contributed by atoms with Crippen molar-refractivity contribution in [3.8, 4) is 0 Å². The summed E-state index contributed by atoms with van der Waals surface area (Å²) in [5.74, 6) is 0. The van der Waals surface area contributed by atoms with Gasteiger partial charge in [0.25, 0.3) is 0 Å². The van der Waals surface area contributed by atoms with E-state index in [4.69, 9.17) is 9.84 Å². The van der Waals surface area contributed by atoms with Crippen molar-refractivity contribution in [2.24, 2.45) is 0 Å². The molecule has 2 aromatic heterocycles. The van der Waals surface area contributed by atoms with Crippen LogP contribution in [0.3, 0.4) is 0 Å². The minimum absolute atomic E-state index is 0.490. The number of likely N-dealkylation sites (tertiary alicyclic amines) is 1. The lowest BCUT2D eigenvalue weighted by molar-refractivity contribution is 0.0661. The van der Waals surface area contributed by atoms with Crippen molar-refractivity contribution in [1.82, 2.24) is 19.7 Å². The lowest BCUT2D eigenvalue weighted by Gasteiger charge is -2.24. The first-order valence-electron chi connectivity index (χ1n) is 9.07. The van der Waals surface area contributed by atoms with Gasteiger partial charge in [0.1, 0.15) is 0 Å². The first-order valence-corrected chi connectivity index (χ1v) is 9.07. The lowest BCUT2D eigenvalue weighted by atomic mass is 10.1. The minimum atomic E-state index is 0.490. The highest BCUT2D eigenvalue weighted by Gasteiger charge is 2.27. The molecule has 4 heterocycles. The van der Waals surface area contributed by atoms with E-state index in [0.29, 0.717) is 12.1 Å². The quantitative estimate of drug-likeness (QED) is 0.865. The molecule has 0 N–H and O–H groups in total. The molecular weight excluding hydrogens is 300 g/mol. The number of hydrogen-bond donors (Lipinski definition) is 0. The Hall–Kier alpha value is -1.72. The fraction of sp³-hybridized carbons (Fsp3) is 0.579. The van der Waals surface area contributed by atoms with Crippen molar-refractivity contribution in [1.29, 1.82) is 0 Å². The molecule has 1 atom stereocenters. The molecule has 24 heavy (non-hydrogen) atoms. The van der Waals surface area contributed by atoms with Gasteiger partial charge in [-0.05, 0) is 50.8 Å². The number of pyridine rings is 1. The van der Waals surface area contributed by atoms with Crippen LogP contribution in [0.2, 0.25) is 0 Å². The Labute approximate surface area is 143 Å². The van der Waals surface area contributed by atoms with Gasteiger partial charge in [0.05, 0.1) is 11.7 Å². The van der Waals surface area contributed by atoms with Gasteiger partial charge in [0, 0.05) is 50.0 Å². The van der Waals surface area contributed by atoms with Crippen LogP contribution in [0.1, 0.15) is 54.6 Å². The highest BCUT2D eigenvalue weighted by atomic mass is 16.5. The van der Waals surface area contributed by atoms with E-state index < -0.39 is 0 Å². The predicted octanol–water partition coefficient (Wildman–Crippen LogP) is 3.28. The summed E-state index contributed by atoms with van der Waals surface area (Å²) in [7, 11) is 0. The average molecular weight is 326 g/mol. The summed E-state index contributed by atoms with van der Waals surface area (Å²) in [6, 6.07) is 5.23. The Kier molecular flexibility index (Phi) is 4.63. The van der Waals surface area contributed by atoms with Crippen LogP contribution in [-0.4, -0.2) is 39.4 Å². The monoisotopic (exact) mass is 326 g/mol. The largest absolute Gasteiger partial charge is 0.381 e. The number of rotatable bonds is 4. The van der Waals surface area contributed by atoms with Gasteiger partial charge in [0.15, 0.2) is 0 Å². The van der Waals surface area contributed by atoms with Gasteiger partial charge in [-0.1, -0.05) is 6.07 Å². The number of ether oxygens (including phenoxy) is 1. The van der Waals surface area contributed by atoms with Crippen molar-refractivity contribution >= 4 is 0 Å². The first-order chi connectivity index (χ1) is 11.8. The van der Waals surface area contributed by atoms with Crippen molar-refractivity contribution in [3.05, 3.63) is 47.5 Å². The maximum Gasteiger partial charge on any atom is 0.0638 e. The lowest BCUT2D eigenvalue weighted by Crippen LogP contribution is -2.23. The first kappa shape index (κ1) is 15.8. The number of aryl methyl sites for hydroxylation is 1. The molecule has 2 aliphatic heterocycles. The van der Waals surface area contributed by atoms with Gasteiger partial charge >= 0.3 is 0 Å². The summed E-state index contributed by atoms with van der Waals surface area (Å²) in [6.45, 7) is 5.98. The van der Waals surface area contributed by atoms with Gasteiger partial charge in [-0.15, -0.1) is 0 Å². The standard InChI is InChI=1S/C19H26N4O/c1-15-17(14-23(21-15)18-6-10-24-11-7-18)13-22-9-3-5-19(22)16-4-2-8-20-12-16/h2,4,8,12,14,18-19H,3,5-7,9-11,13H2,1H3. The summed E-state index contributed by atoms with van der Waals surface area (Å²) in [5.41, 5.74) is 3.86. The van der Waals surface area contributed by atoms with Crippen molar-refractivity contribution in [3.63, 3.8) is 0 Å². The molecule has 5 nitrogen and oxygen atoms in total. The van der Waals surface area contributed by atoms with E-state index in [0.717, 1.165) is 39.1 Å². The van der Waals surface area contributed by atoms with Crippen LogP contribution in [0, 0.1) is 6.92 Å². The Bertz CT molecular complexity index is 663. The van der Waals surface area contributed by atoms with Gasteiger partial charge < -0.3 is 4.74 Å². The zero-order chi connectivity index (χ0) is 16.4. The average Bonchev–Trinajstić information content (AvgIpc) is 3.24. The Morgan fingerprint density at radius 2 is 2.12 bits per heavy atom. The van der Waals surface area contributed by atoms with Crippen molar-refractivity contribution in [2.45, 2.75) is 51.2 Å². The van der Waals surface area contributed by atoms with Crippen LogP contribution in [0.4, 0.5) is 0 Å². The highest BCUT2D eigenvalue weighted by Crippen LogP contribution is 2.33. The zero-order valence-corrected chi connectivity index (χ0v) is 14.4. The van der Waals surface area contributed by atoms with E-state index in [2.05, 4.69) is 33.8 Å². The van der Waals surface area contributed by atoms with Crippen LogP contribution in [0.25, 0.3) is 0 Å². The van der Waals surface area contributed by atoms with E-state index in [-0.39, 0.29) is 0 Å². The molecule has 0 spiro atoms. The number of hydrogen-bond acceptors (Lipinski definition) is 4. The van der Waals surface area contributed by atoms with Crippen LogP contribution >= 0.6 is 0 Å². The molecule has 5 heteroatoms. The molecule has 1 unspecified atom stereocenters. The fourth-order valence-electron chi connectivity index (χ4n) is 4.00. The van der Waals surface area contributed by atoms with Gasteiger partial charge in [-0.3, -0.25) is 14.6 Å². The summed E-state index contributed by atoms with van der Waals surface area (Å²) < 4.78 is 7.66.